The minimum Gasteiger partial charge on any atom is -0.497 e. The first-order valence-electron chi connectivity index (χ1n) is 20.0. The number of methoxy groups -OCH3 is 1. The van der Waals surface area contributed by atoms with E-state index in [-0.39, 0.29) is 56.3 Å². The predicted octanol–water partition coefficient (Wildman–Crippen LogP) is 3.06. The van der Waals surface area contributed by atoms with Gasteiger partial charge in [0.05, 0.1) is 37.7 Å². The number of aromatic nitrogens is 1. The Kier molecular flexibility index (Phi) is 11.2. The summed E-state index contributed by atoms with van der Waals surface area (Å²) < 4.78 is 44.4. The van der Waals surface area contributed by atoms with Crippen molar-refractivity contribution in [3.8, 4) is 17.0 Å². The molecule has 15 nitrogen and oxygen atoms in total. The summed E-state index contributed by atoms with van der Waals surface area (Å²) in [4.78, 5) is 78.2. The number of likely N-dealkylation sites (tertiary alicyclic amines) is 1. The zero-order valence-corrected chi connectivity index (χ0v) is 33.6. The Morgan fingerprint density at radius 2 is 1.86 bits per heavy atom. The topological polar surface area (TPSA) is 191 Å². The first-order valence-corrected chi connectivity index (χ1v) is 22.4. The Morgan fingerprint density at radius 1 is 1.05 bits per heavy atom. The molecule has 57 heavy (non-hydrogen) atoms. The Bertz CT molecular complexity index is 2030. The van der Waals surface area contributed by atoms with Crippen molar-refractivity contribution in [1.82, 2.24) is 24.8 Å². The van der Waals surface area contributed by atoms with Crippen LogP contribution in [0, 0.1) is 23.7 Å². The van der Waals surface area contributed by atoms with Crippen molar-refractivity contribution in [3.63, 3.8) is 0 Å². The highest BCUT2D eigenvalue weighted by atomic mass is 32.2. The van der Waals surface area contributed by atoms with Gasteiger partial charge in [-0.25, -0.2) is 13.4 Å². The van der Waals surface area contributed by atoms with Gasteiger partial charge in [0.2, 0.25) is 21.8 Å². The van der Waals surface area contributed by atoms with Gasteiger partial charge in [0.1, 0.15) is 23.4 Å². The lowest BCUT2D eigenvalue weighted by Crippen LogP contribution is -2.58. The molecule has 2 saturated carbocycles. The number of esters is 1. The second kappa shape index (κ2) is 16.1. The molecule has 5 fully saturated rings. The minimum absolute atomic E-state index is 0.145. The Labute approximate surface area is 335 Å². The van der Waals surface area contributed by atoms with E-state index in [2.05, 4.69) is 15.0 Å². The van der Waals surface area contributed by atoms with Crippen molar-refractivity contribution in [3.05, 3.63) is 46.8 Å². The van der Waals surface area contributed by atoms with Gasteiger partial charge in [-0.2, -0.15) is 0 Å². The van der Waals surface area contributed by atoms with Crippen LogP contribution in [-0.4, -0.2) is 116 Å². The van der Waals surface area contributed by atoms with Crippen molar-refractivity contribution in [2.24, 2.45) is 23.7 Å². The van der Waals surface area contributed by atoms with Gasteiger partial charge in [0.25, 0.3) is 11.8 Å². The molecule has 0 spiro atoms. The van der Waals surface area contributed by atoms with Crippen LogP contribution in [0.4, 0.5) is 0 Å². The number of amides is 4. The molecule has 0 radical (unpaired) electrons. The lowest BCUT2D eigenvalue weighted by atomic mass is 9.92. The summed E-state index contributed by atoms with van der Waals surface area (Å²) >= 11 is 1.23. The number of benzene rings is 1. The van der Waals surface area contributed by atoms with Crippen LogP contribution < -0.4 is 14.8 Å². The highest BCUT2D eigenvalue weighted by Gasteiger charge is 2.63. The van der Waals surface area contributed by atoms with Crippen LogP contribution in [0.25, 0.3) is 11.3 Å². The van der Waals surface area contributed by atoms with Gasteiger partial charge in [-0.05, 0) is 62.8 Å². The van der Waals surface area contributed by atoms with Crippen LogP contribution >= 0.6 is 11.3 Å². The number of allylic oxidation sites excluding steroid dienone is 1. The van der Waals surface area contributed by atoms with E-state index in [1.165, 1.54) is 16.2 Å². The lowest BCUT2D eigenvalue weighted by Gasteiger charge is -2.32. The molecule has 2 N–H and O–H groups in total. The maximum Gasteiger partial charge on any atom is 0.306 e. The fourth-order valence-electron chi connectivity index (χ4n) is 8.81. The summed E-state index contributed by atoms with van der Waals surface area (Å²) in [6, 6.07) is 6.30. The fraction of sp³-hybridized carbons (Fsp3) is 0.600. The molecule has 6 aliphatic rings. The van der Waals surface area contributed by atoms with Gasteiger partial charge in [-0.3, -0.25) is 28.7 Å². The number of rotatable bonds is 9. The Hall–Kier alpha value is -4.35. The fourth-order valence-corrected chi connectivity index (χ4v) is 11.0. The summed E-state index contributed by atoms with van der Waals surface area (Å²) in [6.45, 7) is 1.42. The number of fused-ring (bicyclic) bond motifs is 4. The van der Waals surface area contributed by atoms with E-state index in [1.807, 2.05) is 41.8 Å². The standard InChI is InChI=1S/C40H49N5O10S2/c1-53-28-11-9-24(10-12-28)32-23-56-36(41-32)38(49)44-19-26-20-45-34(31(26)21-44)35(47)42-40(39(50)43-57(51,52)30-13-14-30)18-27(40)8-6-4-2-3-5-7-25(37(45)48)17-33(46)55-29-15-16-54-22-29/h6,8-12,23,25-27,29-31,34H,2-5,7,13-22H2,1H3,(H,42,47)(H,43,50)/b8-6-/t25-,26+,27-,29-,31+,34+,40-/m1/s1. The molecular weight excluding hydrogens is 775 g/mol. The monoisotopic (exact) mass is 823 g/mol. The third-order valence-corrected chi connectivity index (χ3v) is 14.9. The highest BCUT2D eigenvalue weighted by Crippen LogP contribution is 2.47. The van der Waals surface area contributed by atoms with E-state index in [9.17, 15) is 32.4 Å². The van der Waals surface area contributed by atoms with Crippen molar-refractivity contribution in [1.29, 1.82) is 0 Å². The molecule has 2 aromatic rings. The molecule has 8 rings (SSSR count). The van der Waals surface area contributed by atoms with Crippen molar-refractivity contribution in [2.45, 2.75) is 87.1 Å². The summed E-state index contributed by atoms with van der Waals surface area (Å²) in [6.07, 6.45) is 8.49. The molecule has 17 heteroatoms. The molecule has 0 bridgehead atoms. The lowest BCUT2D eigenvalue weighted by molar-refractivity contribution is -0.154. The average molecular weight is 824 g/mol. The number of hydrogen-bond acceptors (Lipinski definition) is 12. The van der Waals surface area contributed by atoms with Crippen molar-refractivity contribution < 1.29 is 46.6 Å². The predicted molar refractivity (Wildman–Crippen MR) is 207 cm³/mol. The summed E-state index contributed by atoms with van der Waals surface area (Å²) in [5.74, 6) is -3.73. The van der Waals surface area contributed by atoms with E-state index in [0.29, 0.717) is 68.2 Å². The molecule has 3 saturated heterocycles. The number of thiazole rings is 1. The number of ether oxygens (including phenoxy) is 3. The number of nitrogens with zero attached hydrogens (tertiary/aromatic N) is 3. The second-order valence-electron chi connectivity index (χ2n) is 16.2. The Balaban J connectivity index is 1.06. The van der Waals surface area contributed by atoms with Gasteiger partial charge in [0, 0.05) is 60.7 Å². The van der Waals surface area contributed by atoms with Gasteiger partial charge in [0.15, 0.2) is 5.01 Å². The van der Waals surface area contributed by atoms with Crippen molar-refractivity contribution >= 4 is 51.0 Å². The van der Waals surface area contributed by atoms with Crippen LogP contribution in [0.5, 0.6) is 5.75 Å². The van der Waals surface area contributed by atoms with Crippen LogP contribution in [0.15, 0.2) is 41.8 Å². The first-order chi connectivity index (χ1) is 27.5. The van der Waals surface area contributed by atoms with Gasteiger partial charge >= 0.3 is 5.97 Å². The molecule has 4 amide bonds. The van der Waals surface area contributed by atoms with Crippen molar-refractivity contribution in [2.75, 3.05) is 40.0 Å². The molecule has 306 valence electrons. The van der Waals surface area contributed by atoms with Gasteiger partial charge < -0.3 is 29.3 Å². The van der Waals surface area contributed by atoms with E-state index in [4.69, 9.17) is 14.2 Å². The van der Waals surface area contributed by atoms with Crippen LogP contribution in [0.3, 0.4) is 0 Å². The number of carbonyl (C=O) groups is 5. The zero-order valence-electron chi connectivity index (χ0n) is 31.9. The van der Waals surface area contributed by atoms with Gasteiger partial charge in [-0.15, -0.1) is 11.3 Å². The second-order valence-corrected chi connectivity index (χ2v) is 19.0. The summed E-state index contributed by atoms with van der Waals surface area (Å²) in [5.41, 5.74) is -0.0346. The molecule has 4 aliphatic heterocycles. The molecule has 0 unspecified atom stereocenters. The van der Waals surface area contributed by atoms with E-state index >= 15 is 0 Å². The van der Waals surface area contributed by atoms with Gasteiger partial charge in [-0.1, -0.05) is 25.0 Å². The molecule has 1 aromatic carbocycles. The quantitative estimate of drug-likeness (QED) is 0.279. The number of nitrogens with one attached hydrogen (secondary N) is 2. The van der Waals surface area contributed by atoms with E-state index < -0.39 is 62.4 Å². The van der Waals surface area contributed by atoms with Crippen LogP contribution in [-0.2, 0) is 38.7 Å². The van der Waals surface area contributed by atoms with Crippen LogP contribution in [0.1, 0.15) is 74.0 Å². The number of carbonyl (C=O) groups excluding carboxylic acids is 5. The SMILES string of the molecule is COc1ccc(-c2csc(C(=O)N3C[C@H]4CN5C(=O)[C@@H](CC(=O)O[C@@H]6CCOC6)CCCCC/C=C\[C@@H]6C[C@@]6(C(=O)NS(=O)(=O)C6CC6)NC(=O)[C@@H]5[C@H]4C3)n2)cc1. The molecule has 7 atom stereocenters. The first kappa shape index (κ1) is 39.5. The summed E-state index contributed by atoms with van der Waals surface area (Å²) in [5, 5.41) is 4.42. The maximum atomic E-state index is 14.7. The van der Waals surface area contributed by atoms with E-state index in [0.717, 1.165) is 18.4 Å². The zero-order chi connectivity index (χ0) is 39.9. The molecule has 5 heterocycles. The smallest absolute Gasteiger partial charge is 0.306 e. The Morgan fingerprint density at radius 3 is 2.60 bits per heavy atom. The number of sulfonamides is 1. The molecule has 2 aliphatic carbocycles. The number of hydrogen-bond donors (Lipinski definition) is 2. The minimum atomic E-state index is -3.91. The molecule has 1 aromatic heterocycles. The molecular formula is C40H49N5O10S2. The van der Waals surface area contributed by atoms with Crippen LogP contribution in [0.2, 0.25) is 0 Å². The third-order valence-electron chi connectivity index (χ3n) is 12.3. The maximum absolute atomic E-state index is 14.7. The van der Waals surface area contributed by atoms with E-state index in [1.54, 1.807) is 12.0 Å². The third kappa shape index (κ3) is 8.33. The normalized spacial score (nSPS) is 30.9. The largest absolute Gasteiger partial charge is 0.497 e. The average Bonchev–Trinajstić information content (AvgIpc) is 3.86. The summed E-state index contributed by atoms with van der Waals surface area (Å²) in [7, 11) is -2.32. The highest BCUT2D eigenvalue weighted by molar-refractivity contribution is 7.91.